The van der Waals surface area contributed by atoms with Crippen LogP contribution in [-0.4, -0.2) is 15.9 Å². The number of aliphatic imine (C=N–C) groups is 1. The minimum atomic E-state index is -0.0866. The summed E-state index contributed by atoms with van der Waals surface area (Å²) in [5.41, 5.74) is 20.5. The number of hydrogen-bond donors (Lipinski definition) is 4. The highest BCUT2D eigenvalue weighted by Gasteiger charge is 2.19. The van der Waals surface area contributed by atoms with Crippen LogP contribution >= 0.6 is 0 Å². The lowest BCUT2D eigenvalue weighted by molar-refractivity contribution is 0.393. The summed E-state index contributed by atoms with van der Waals surface area (Å²) in [6.45, 7) is 2.30. The summed E-state index contributed by atoms with van der Waals surface area (Å²) in [7, 11) is 0. The van der Waals surface area contributed by atoms with Gasteiger partial charge in [-0.05, 0) is 54.4 Å². The van der Waals surface area contributed by atoms with E-state index in [0.29, 0.717) is 35.0 Å². The lowest BCUT2D eigenvalue weighted by atomic mass is 10.2. The number of rotatable bonds is 10. The first-order valence-corrected chi connectivity index (χ1v) is 13.2. The fraction of sp³-hybridized carbons (Fsp3) is 0.0625. The number of nitrogens with two attached hydrogens (primary N) is 3. The Morgan fingerprint density at radius 1 is 0.837 bits per heavy atom. The number of benzene rings is 4. The van der Waals surface area contributed by atoms with Gasteiger partial charge in [0.2, 0.25) is 0 Å². The number of aryl methyl sites for hydroxylation is 1. The molecule has 11 heteroatoms. The summed E-state index contributed by atoms with van der Waals surface area (Å²) in [6.07, 6.45) is 0. The largest absolute Gasteiger partial charge is 0.453 e. The summed E-state index contributed by atoms with van der Waals surface area (Å²) in [5.74, 6) is 1.73. The third-order valence-corrected chi connectivity index (χ3v) is 5.95. The van der Waals surface area contributed by atoms with Gasteiger partial charge in [0, 0.05) is 18.7 Å². The molecular weight excluding hydrogens is 544 g/mol. The van der Waals surface area contributed by atoms with Gasteiger partial charge in [-0.3, -0.25) is 0 Å². The second kappa shape index (κ2) is 12.9. The molecule has 11 nitrogen and oxygen atoms in total. The number of anilines is 2. The first-order valence-electron chi connectivity index (χ1n) is 13.2. The smallest absolute Gasteiger partial charge is 0.327 e. The number of para-hydroxylation sites is 1. The van der Waals surface area contributed by atoms with E-state index in [1.165, 1.54) is 0 Å². The van der Waals surface area contributed by atoms with Crippen molar-refractivity contribution in [2.24, 2.45) is 16.5 Å². The van der Waals surface area contributed by atoms with Crippen LogP contribution in [0.25, 0.3) is 0 Å². The first kappa shape index (κ1) is 28.3. The van der Waals surface area contributed by atoms with Crippen molar-refractivity contribution in [1.82, 2.24) is 9.97 Å². The lowest BCUT2D eigenvalue weighted by Gasteiger charge is -2.16. The standard InChI is InChI=1S/C32H28N8O3/c1-20-14-23(38-31(35)36)17-25(15-20)42-32-39-29(37-19-21-8-4-2-5-9-21)28(34)30(40-32)43-27-16-22(18-33)12-13-26(27)41-24-10-6-3-7-11-24/h2-17H,19,34H2,1H3,(H4,35,36,38)(H,37,39,40). The predicted octanol–water partition coefficient (Wildman–Crippen LogP) is 6.13. The predicted molar refractivity (Wildman–Crippen MR) is 165 cm³/mol. The number of nitrogens with one attached hydrogen (secondary N) is 1. The van der Waals surface area contributed by atoms with Crippen LogP contribution in [0.5, 0.6) is 34.9 Å². The molecule has 5 aromatic rings. The molecule has 0 saturated carbocycles. The maximum atomic E-state index is 9.54. The minimum absolute atomic E-state index is 0.00865. The van der Waals surface area contributed by atoms with Gasteiger partial charge in [-0.25, -0.2) is 4.99 Å². The van der Waals surface area contributed by atoms with Gasteiger partial charge in [0.05, 0.1) is 17.3 Å². The summed E-state index contributed by atoms with van der Waals surface area (Å²) in [5, 5.41) is 12.8. The SMILES string of the molecule is Cc1cc(N=C(N)N)cc(Oc2nc(NCc3ccccc3)c(N)c(Oc3cc(C#N)ccc3Oc3ccccc3)n2)c1. The maximum Gasteiger partial charge on any atom is 0.327 e. The average Bonchev–Trinajstić information content (AvgIpc) is 2.99. The highest BCUT2D eigenvalue weighted by atomic mass is 16.5. The Morgan fingerprint density at radius 2 is 1.58 bits per heavy atom. The third kappa shape index (κ3) is 7.47. The second-order valence-electron chi connectivity index (χ2n) is 9.35. The van der Waals surface area contributed by atoms with Crippen LogP contribution in [-0.2, 0) is 6.54 Å². The zero-order valence-electron chi connectivity index (χ0n) is 23.2. The Kier molecular flexibility index (Phi) is 8.49. The van der Waals surface area contributed by atoms with E-state index in [1.54, 1.807) is 48.5 Å². The molecule has 0 fully saturated rings. The van der Waals surface area contributed by atoms with Gasteiger partial charge in [0.15, 0.2) is 23.3 Å². The number of ether oxygens (including phenoxy) is 3. The number of hydrogen-bond acceptors (Lipinski definition) is 9. The molecule has 0 saturated heterocycles. The summed E-state index contributed by atoms with van der Waals surface area (Å²) in [6, 6.07) is 31.0. The van der Waals surface area contributed by atoms with E-state index in [-0.39, 0.29) is 35.1 Å². The van der Waals surface area contributed by atoms with Crippen LogP contribution in [0.2, 0.25) is 0 Å². The maximum absolute atomic E-state index is 9.54. The molecule has 0 aliphatic carbocycles. The molecular formula is C32H28N8O3. The van der Waals surface area contributed by atoms with Crippen molar-refractivity contribution >= 4 is 23.2 Å². The number of nitrogens with zero attached hydrogens (tertiary/aromatic N) is 4. The number of nitrogen functional groups attached to an aromatic ring is 1. The zero-order valence-corrected chi connectivity index (χ0v) is 23.2. The van der Waals surface area contributed by atoms with Crippen molar-refractivity contribution in [3.05, 3.63) is 114 Å². The minimum Gasteiger partial charge on any atom is -0.453 e. The van der Waals surface area contributed by atoms with Gasteiger partial charge in [-0.1, -0.05) is 48.5 Å². The number of guanidine groups is 1. The van der Waals surface area contributed by atoms with Crippen LogP contribution in [0.1, 0.15) is 16.7 Å². The van der Waals surface area contributed by atoms with Gasteiger partial charge in [0.25, 0.3) is 5.88 Å². The van der Waals surface area contributed by atoms with E-state index in [9.17, 15) is 5.26 Å². The Bertz CT molecular complexity index is 1800. The molecule has 1 heterocycles. The quantitative estimate of drug-likeness (QED) is 0.112. The van der Waals surface area contributed by atoms with Crippen molar-refractivity contribution in [2.45, 2.75) is 13.5 Å². The second-order valence-corrected chi connectivity index (χ2v) is 9.35. The van der Waals surface area contributed by atoms with Gasteiger partial charge in [-0.15, -0.1) is 0 Å². The van der Waals surface area contributed by atoms with Crippen LogP contribution < -0.4 is 36.7 Å². The van der Waals surface area contributed by atoms with E-state index in [0.717, 1.165) is 11.1 Å². The normalized spacial score (nSPS) is 10.3. The van der Waals surface area contributed by atoms with Gasteiger partial charge in [-0.2, -0.15) is 15.2 Å². The van der Waals surface area contributed by atoms with Crippen LogP contribution in [0, 0.1) is 18.3 Å². The van der Waals surface area contributed by atoms with Crippen molar-refractivity contribution in [1.29, 1.82) is 5.26 Å². The molecule has 0 atom stereocenters. The number of nitriles is 1. The summed E-state index contributed by atoms with van der Waals surface area (Å²) < 4.78 is 18.3. The topological polar surface area (TPSA) is 180 Å². The van der Waals surface area contributed by atoms with Crippen molar-refractivity contribution < 1.29 is 14.2 Å². The van der Waals surface area contributed by atoms with Crippen molar-refractivity contribution in [2.75, 3.05) is 11.1 Å². The highest BCUT2D eigenvalue weighted by molar-refractivity contribution is 5.79. The molecule has 0 amide bonds. The Morgan fingerprint density at radius 3 is 2.30 bits per heavy atom. The summed E-state index contributed by atoms with van der Waals surface area (Å²) in [4.78, 5) is 13.1. The first-order chi connectivity index (χ1) is 20.9. The molecule has 0 unspecified atom stereocenters. The van der Waals surface area contributed by atoms with Crippen LogP contribution in [0.4, 0.5) is 17.2 Å². The fourth-order valence-corrected chi connectivity index (χ4v) is 4.04. The molecule has 0 spiro atoms. The summed E-state index contributed by atoms with van der Waals surface area (Å²) >= 11 is 0. The van der Waals surface area contributed by atoms with Gasteiger partial charge < -0.3 is 36.7 Å². The Labute approximate surface area is 248 Å². The molecule has 7 N–H and O–H groups in total. The van der Waals surface area contributed by atoms with Gasteiger partial charge in [0.1, 0.15) is 17.2 Å². The fourth-order valence-electron chi connectivity index (χ4n) is 4.04. The van der Waals surface area contributed by atoms with Crippen molar-refractivity contribution in [3.8, 4) is 41.0 Å². The molecule has 214 valence electrons. The van der Waals surface area contributed by atoms with E-state index >= 15 is 0 Å². The third-order valence-electron chi connectivity index (χ3n) is 5.95. The van der Waals surface area contributed by atoms with E-state index in [2.05, 4.69) is 26.3 Å². The molecule has 0 aliphatic rings. The Hall–Kier alpha value is -6.28. The zero-order chi connectivity index (χ0) is 30.2. The monoisotopic (exact) mass is 572 g/mol. The van der Waals surface area contributed by atoms with Crippen molar-refractivity contribution in [3.63, 3.8) is 0 Å². The molecule has 43 heavy (non-hydrogen) atoms. The van der Waals surface area contributed by atoms with E-state index < -0.39 is 0 Å². The number of aromatic nitrogens is 2. The van der Waals surface area contributed by atoms with E-state index in [1.807, 2.05) is 55.5 Å². The van der Waals surface area contributed by atoms with Crippen LogP contribution in [0.15, 0.2) is 102 Å². The lowest BCUT2D eigenvalue weighted by Crippen LogP contribution is -2.21. The molecule has 0 bridgehead atoms. The molecule has 5 rings (SSSR count). The molecule has 0 aliphatic heterocycles. The Balaban J connectivity index is 1.53. The molecule has 0 radical (unpaired) electrons. The molecule has 1 aromatic heterocycles. The molecule has 4 aromatic carbocycles. The van der Waals surface area contributed by atoms with Gasteiger partial charge >= 0.3 is 6.01 Å². The van der Waals surface area contributed by atoms with Crippen LogP contribution in [0.3, 0.4) is 0 Å². The average molecular weight is 573 g/mol. The highest BCUT2D eigenvalue weighted by Crippen LogP contribution is 2.39. The van der Waals surface area contributed by atoms with E-state index in [4.69, 9.17) is 31.4 Å².